The zero-order valence-electron chi connectivity index (χ0n) is 15.2. The maximum absolute atomic E-state index is 12.6. The molecule has 0 radical (unpaired) electrons. The highest BCUT2D eigenvalue weighted by Crippen LogP contribution is 2.30. The molecule has 1 aliphatic carbocycles. The fourth-order valence-electron chi connectivity index (χ4n) is 3.56. The minimum absolute atomic E-state index is 0.0296. The Kier molecular flexibility index (Phi) is 5.85. The summed E-state index contributed by atoms with van der Waals surface area (Å²) in [6, 6.07) is 13.2. The van der Waals surface area contributed by atoms with E-state index < -0.39 is 11.7 Å². The predicted molar refractivity (Wildman–Crippen MR) is 98.0 cm³/mol. The highest BCUT2D eigenvalue weighted by Gasteiger charge is 2.30. The standard InChI is InChI=1S/C21H23F3N2O/c1-26(13-15-9-11-17(12-10-15)21(22,23)24)14-20(27)25-19-8-4-6-16-5-2-3-7-18(16)19/h2-3,5,7,9-12,19H,4,6,8,13-14H2,1H3,(H,25,27). The van der Waals surface area contributed by atoms with Crippen LogP contribution in [0.2, 0.25) is 0 Å². The zero-order chi connectivity index (χ0) is 19.4. The number of benzene rings is 2. The van der Waals surface area contributed by atoms with E-state index in [9.17, 15) is 18.0 Å². The van der Waals surface area contributed by atoms with Crippen molar-refractivity contribution < 1.29 is 18.0 Å². The van der Waals surface area contributed by atoms with Gasteiger partial charge < -0.3 is 5.32 Å². The van der Waals surface area contributed by atoms with Crippen molar-refractivity contribution in [2.45, 2.75) is 38.0 Å². The van der Waals surface area contributed by atoms with Crippen molar-refractivity contribution >= 4 is 5.91 Å². The third-order valence-electron chi connectivity index (χ3n) is 4.85. The largest absolute Gasteiger partial charge is 0.416 e. The number of carbonyl (C=O) groups is 1. The Hall–Kier alpha value is -2.34. The number of amides is 1. The number of nitrogens with one attached hydrogen (secondary N) is 1. The van der Waals surface area contributed by atoms with E-state index in [4.69, 9.17) is 0 Å². The number of aryl methyl sites for hydroxylation is 1. The average Bonchev–Trinajstić information content (AvgIpc) is 2.61. The molecule has 1 unspecified atom stereocenters. The molecule has 2 aromatic rings. The maximum atomic E-state index is 12.6. The van der Waals surface area contributed by atoms with Gasteiger partial charge in [-0.05, 0) is 55.1 Å². The molecule has 0 saturated carbocycles. The van der Waals surface area contributed by atoms with Crippen molar-refractivity contribution in [2.75, 3.05) is 13.6 Å². The van der Waals surface area contributed by atoms with Crippen molar-refractivity contribution in [3.63, 3.8) is 0 Å². The van der Waals surface area contributed by atoms with Gasteiger partial charge in [-0.1, -0.05) is 36.4 Å². The number of fused-ring (bicyclic) bond motifs is 1. The third-order valence-corrected chi connectivity index (χ3v) is 4.85. The zero-order valence-corrected chi connectivity index (χ0v) is 15.2. The van der Waals surface area contributed by atoms with Crippen molar-refractivity contribution in [3.8, 4) is 0 Å². The molecule has 3 rings (SSSR count). The highest BCUT2D eigenvalue weighted by molar-refractivity contribution is 5.78. The van der Waals surface area contributed by atoms with E-state index in [0.717, 1.165) is 37.0 Å². The molecule has 144 valence electrons. The van der Waals surface area contributed by atoms with Crippen LogP contribution in [0.4, 0.5) is 13.2 Å². The molecule has 1 aliphatic rings. The van der Waals surface area contributed by atoms with Gasteiger partial charge in [-0.25, -0.2) is 0 Å². The van der Waals surface area contributed by atoms with E-state index in [2.05, 4.69) is 17.4 Å². The van der Waals surface area contributed by atoms with Crippen LogP contribution in [0.15, 0.2) is 48.5 Å². The summed E-state index contributed by atoms with van der Waals surface area (Å²) in [6.07, 6.45) is -1.33. The minimum atomic E-state index is -4.33. The second-order valence-corrected chi connectivity index (χ2v) is 7.08. The van der Waals surface area contributed by atoms with Crippen molar-refractivity contribution in [3.05, 3.63) is 70.8 Å². The van der Waals surface area contributed by atoms with Gasteiger partial charge in [0.15, 0.2) is 0 Å². The first-order chi connectivity index (χ1) is 12.8. The monoisotopic (exact) mass is 376 g/mol. The Morgan fingerprint density at radius 3 is 2.56 bits per heavy atom. The molecular weight excluding hydrogens is 353 g/mol. The van der Waals surface area contributed by atoms with Crippen LogP contribution < -0.4 is 5.32 Å². The summed E-state index contributed by atoms with van der Waals surface area (Å²) in [4.78, 5) is 14.2. The Morgan fingerprint density at radius 1 is 1.15 bits per heavy atom. The first-order valence-corrected chi connectivity index (χ1v) is 9.05. The Morgan fingerprint density at radius 2 is 1.85 bits per heavy atom. The molecule has 1 N–H and O–H groups in total. The molecule has 1 atom stereocenters. The van der Waals surface area contributed by atoms with Crippen molar-refractivity contribution in [1.82, 2.24) is 10.2 Å². The number of hydrogen-bond acceptors (Lipinski definition) is 2. The number of halogens is 3. The highest BCUT2D eigenvalue weighted by atomic mass is 19.4. The van der Waals surface area contributed by atoms with Gasteiger partial charge in [0.05, 0.1) is 18.2 Å². The van der Waals surface area contributed by atoms with Crippen molar-refractivity contribution in [1.29, 1.82) is 0 Å². The number of nitrogens with zero attached hydrogens (tertiary/aromatic N) is 1. The third kappa shape index (κ3) is 5.10. The summed E-state index contributed by atoms with van der Waals surface area (Å²) in [5.41, 5.74) is 2.54. The van der Waals surface area contributed by atoms with Crippen molar-refractivity contribution in [2.24, 2.45) is 0 Å². The molecule has 27 heavy (non-hydrogen) atoms. The van der Waals surface area contributed by atoms with Crippen LogP contribution in [0.5, 0.6) is 0 Å². The van der Waals surface area contributed by atoms with Gasteiger partial charge in [-0.15, -0.1) is 0 Å². The van der Waals surface area contributed by atoms with Gasteiger partial charge in [0, 0.05) is 6.54 Å². The fourth-order valence-corrected chi connectivity index (χ4v) is 3.56. The van der Waals surface area contributed by atoms with Crippen LogP contribution >= 0.6 is 0 Å². The number of alkyl halides is 3. The summed E-state index contributed by atoms with van der Waals surface area (Å²) in [5.74, 6) is -0.0777. The Bertz CT molecular complexity index is 787. The van der Waals surface area contributed by atoms with E-state index in [1.807, 2.05) is 12.1 Å². The lowest BCUT2D eigenvalue weighted by Crippen LogP contribution is -2.38. The lowest BCUT2D eigenvalue weighted by atomic mass is 9.88. The van der Waals surface area contributed by atoms with Crippen LogP contribution in [0.3, 0.4) is 0 Å². The van der Waals surface area contributed by atoms with E-state index in [-0.39, 0.29) is 18.5 Å². The Labute approximate surface area is 157 Å². The van der Waals surface area contributed by atoms with E-state index in [1.165, 1.54) is 23.3 Å². The summed E-state index contributed by atoms with van der Waals surface area (Å²) in [6.45, 7) is 0.604. The van der Waals surface area contributed by atoms with E-state index >= 15 is 0 Å². The molecule has 0 aliphatic heterocycles. The summed E-state index contributed by atoms with van der Waals surface area (Å²) < 4.78 is 37.9. The van der Waals surface area contributed by atoms with E-state index in [1.54, 1.807) is 11.9 Å². The Balaban J connectivity index is 1.54. The molecular formula is C21H23F3N2O. The van der Waals surface area contributed by atoms with Gasteiger partial charge in [-0.2, -0.15) is 13.2 Å². The second kappa shape index (κ2) is 8.13. The minimum Gasteiger partial charge on any atom is -0.348 e. The number of rotatable bonds is 5. The summed E-state index contributed by atoms with van der Waals surface area (Å²) in [5, 5.41) is 3.09. The van der Waals surface area contributed by atoms with Crippen LogP contribution in [0.25, 0.3) is 0 Å². The lowest BCUT2D eigenvalue weighted by Gasteiger charge is -2.27. The maximum Gasteiger partial charge on any atom is 0.416 e. The first kappa shape index (κ1) is 19.4. The number of hydrogen-bond donors (Lipinski definition) is 1. The molecule has 0 bridgehead atoms. The van der Waals surface area contributed by atoms with Crippen LogP contribution in [0.1, 0.15) is 41.1 Å². The molecule has 2 aromatic carbocycles. The van der Waals surface area contributed by atoms with E-state index in [0.29, 0.717) is 6.54 Å². The molecule has 0 fully saturated rings. The van der Waals surface area contributed by atoms with Gasteiger partial charge in [0.2, 0.25) is 5.91 Å². The predicted octanol–water partition coefficient (Wildman–Crippen LogP) is 4.33. The molecule has 0 saturated heterocycles. The topological polar surface area (TPSA) is 32.3 Å². The SMILES string of the molecule is CN(CC(=O)NC1CCCc2ccccc21)Cc1ccc(C(F)(F)F)cc1. The van der Waals surface area contributed by atoms with Gasteiger partial charge in [0.25, 0.3) is 0 Å². The molecule has 0 heterocycles. The quantitative estimate of drug-likeness (QED) is 0.842. The summed E-state index contributed by atoms with van der Waals surface area (Å²) in [7, 11) is 1.78. The smallest absolute Gasteiger partial charge is 0.348 e. The lowest BCUT2D eigenvalue weighted by molar-refractivity contribution is -0.137. The van der Waals surface area contributed by atoms with Gasteiger partial charge in [0.1, 0.15) is 0 Å². The van der Waals surface area contributed by atoms with Gasteiger partial charge in [-0.3, -0.25) is 9.69 Å². The average molecular weight is 376 g/mol. The number of carbonyl (C=O) groups excluding carboxylic acids is 1. The van der Waals surface area contributed by atoms with Crippen LogP contribution in [0, 0.1) is 0 Å². The molecule has 6 heteroatoms. The van der Waals surface area contributed by atoms with Crippen LogP contribution in [-0.4, -0.2) is 24.4 Å². The first-order valence-electron chi connectivity index (χ1n) is 9.05. The van der Waals surface area contributed by atoms with Gasteiger partial charge >= 0.3 is 6.18 Å². The number of likely N-dealkylation sites (N-methyl/N-ethyl adjacent to an activating group) is 1. The fraction of sp³-hybridized carbons (Fsp3) is 0.381. The molecule has 1 amide bonds. The second-order valence-electron chi connectivity index (χ2n) is 7.08. The molecule has 0 spiro atoms. The normalized spacial score (nSPS) is 16.9. The molecule has 0 aromatic heterocycles. The summed E-state index contributed by atoms with van der Waals surface area (Å²) >= 11 is 0. The molecule has 3 nitrogen and oxygen atoms in total. The van der Waals surface area contributed by atoms with Crippen LogP contribution in [-0.2, 0) is 23.9 Å².